The van der Waals surface area contributed by atoms with Gasteiger partial charge in [0.2, 0.25) is 0 Å². The maximum absolute atomic E-state index is 5.78. The average Bonchev–Trinajstić information content (AvgIpc) is 2.85. The Labute approximate surface area is 116 Å². The molecule has 0 spiro atoms. The molecule has 0 saturated carbocycles. The molecular weight excluding hydrogens is 254 g/mol. The number of benzene rings is 2. The zero-order valence-corrected chi connectivity index (χ0v) is 11.3. The summed E-state index contributed by atoms with van der Waals surface area (Å²) in [6.07, 6.45) is 0. The Balaban J connectivity index is 1.65. The van der Waals surface area contributed by atoms with E-state index in [9.17, 15) is 0 Å². The zero-order chi connectivity index (χ0) is 13.1. The summed E-state index contributed by atoms with van der Waals surface area (Å²) in [6.45, 7) is 1.26. The molecule has 0 aliphatic carbocycles. The van der Waals surface area contributed by atoms with Gasteiger partial charge in [-0.25, -0.2) is 0 Å². The highest BCUT2D eigenvalue weighted by molar-refractivity contribution is 7.17. The lowest BCUT2D eigenvalue weighted by Crippen LogP contribution is -1.94. The van der Waals surface area contributed by atoms with Crippen LogP contribution in [0.25, 0.3) is 10.1 Å². The van der Waals surface area contributed by atoms with Crippen molar-refractivity contribution in [1.29, 1.82) is 0 Å². The molecule has 0 amide bonds. The highest BCUT2D eigenvalue weighted by Crippen LogP contribution is 2.26. The van der Waals surface area contributed by atoms with E-state index in [0.29, 0.717) is 13.2 Å². The predicted molar refractivity (Wildman–Crippen MR) is 81.2 cm³/mol. The topological polar surface area (TPSA) is 35.2 Å². The molecule has 3 heteroatoms. The van der Waals surface area contributed by atoms with Crippen LogP contribution in [-0.4, -0.2) is 0 Å². The van der Waals surface area contributed by atoms with Gasteiger partial charge in [-0.05, 0) is 40.1 Å². The van der Waals surface area contributed by atoms with Gasteiger partial charge in [0.05, 0.1) is 13.2 Å². The Bertz CT molecular complexity index is 673. The summed E-state index contributed by atoms with van der Waals surface area (Å²) in [7, 11) is 0. The molecule has 0 saturated heterocycles. The summed E-state index contributed by atoms with van der Waals surface area (Å²) in [5.41, 5.74) is 8.85. The van der Waals surface area contributed by atoms with Crippen LogP contribution in [-0.2, 0) is 18.0 Å². The van der Waals surface area contributed by atoms with Gasteiger partial charge >= 0.3 is 0 Å². The quantitative estimate of drug-likeness (QED) is 0.720. The summed E-state index contributed by atoms with van der Waals surface area (Å²) < 4.78 is 7.09. The van der Waals surface area contributed by atoms with E-state index in [-0.39, 0.29) is 0 Å². The normalized spacial score (nSPS) is 10.9. The van der Waals surface area contributed by atoms with Gasteiger partial charge in [-0.15, -0.1) is 11.3 Å². The number of hydrogen-bond donors (Lipinski definition) is 1. The Morgan fingerprint density at radius 1 is 0.947 bits per heavy atom. The van der Waals surface area contributed by atoms with Crippen LogP contribution in [0.5, 0.6) is 0 Å². The van der Waals surface area contributed by atoms with Crippen molar-refractivity contribution in [2.45, 2.75) is 13.2 Å². The first-order valence-electron chi connectivity index (χ1n) is 6.20. The number of fused-ring (bicyclic) bond motifs is 1. The van der Waals surface area contributed by atoms with Crippen molar-refractivity contribution in [3.8, 4) is 0 Å². The SMILES string of the molecule is Nc1ccc(COCc2csc3ccccc23)cc1. The van der Waals surface area contributed by atoms with Crippen LogP contribution in [0.2, 0.25) is 0 Å². The molecule has 0 fully saturated rings. The van der Waals surface area contributed by atoms with Crippen LogP contribution >= 0.6 is 11.3 Å². The molecule has 2 N–H and O–H groups in total. The number of hydrogen-bond acceptors (Lipinski definition) is 3. The molecule has 96 valence electrons. The van der Waals surface area contributed by atoms with E-state index in [1.165, 1.54) is 15.6 Å². The van der Waals surface area contributed by atoms with Gasteiger partial charge in [-0.2, -0.15) is 0 Å². The Kier molecular flexibility index (Phi) is 3.49. The summed E-state index contributed by atoms with van der Waals surface area (Å²) in [5.74, 6) is 0. The molecule has 0 radical (unpaired) electrons. The van der Waals surface area contributed by atoms with E-state index < -0.39 is 0 Å². The van der Waals surface area contributed by atoms with Crippen molar-refractivity contribution in [1.82, 2.24) is 0 Å². The molecule has 2 nitrogen and oxygen atoms in total. The first-order chi connectivity index (χ1) is 9.33. The second-order valence-corrected chi connectivity index (χ2v) is 5.40. The summed E-state index contributed by atoms with van der Waals surface area (Å²) in [5, 5.41) is 3.47. The highest BCUT2D eigenvalue weighted by atomic mass is 32.1. The van der Waals surface area contributed by atoms with E-state index in [4.69, 9.17) is 10.5 Å². The van der Waals surface area contributed by atoms with Crippen LogP contribution < -0.4 is 5.73 Å². The largest absolute Gasteiger partial charge is 0.399 e. The Hall–Kier alpha value is -1.84. The molecule has 3 rings (SSSR count). The number of ether oxygens (including phenoxy) is 1. The molecule has 1 aromatic heterocycles. The van der Waals surface area contributed by atoms with E-state index in [1.807, 2.05) is 24.3 Å². The van der Waals surface area contributed by atoms with Crippen LogP contribution in [0.3, 0.4) is 0 Å². The van der Waals surface area contributed by atoms with E-state index in [2.05, 4.69) is 29.6 Å². The van der Waals surface area contributed by atoms with Gasteiger partial charge in [-0.1, -0.05) is 30.3 Å². The van der Waals surface area contributed by atoms with Crippen molar-refractivity contribution < 1.29 is 4.74 Å². The summed E-state index contributed by atoms with van der Waals surface area (Å²) >= 11 is 1.77. The maximum Gasteiger partial charge on any atom is 0.0735 e. The number of thiophene rings is 1. The van der Waals surface area contributed by atoms with Crippen LogP contribution in [0.4, 0.5) is 5.69 Å². The summed E-state index contributed by atoms with van der Waals surface area (Å²) in [4.78, 5) is 0. The summed E-state index contributed by atoms with van der Waals surface area (Å²) in [6, 6.07) is 16.2. The van der Waals surface area contributed by atoms with Crippen molar-refractivity contribution in [2.24, 2.45) is 0 Å². The van der Waals surface area contributed by atoms with Gasteiger partial charge in [0.25, 0.3) is 0 Å². The number of nitrogens with two attached hydrogens (primary N) is 1. The molecule has 19 heavy (non-hydrogen) atoms. The molecule has 1 heterocycles. The van der Waals surface area contributed by atoms with Gasteiger partial charge in [0.1, 0.15) is 0 Å². The monoisotopic (exact) mass is 269 g/mol. The standard InChI is InChI=1S/C16H15NOS/c17-14-7-5-12(6-8-14)9-18-10-13-11-19-16-4-2-1-3-15(13)16/h1-8,11H,9-10,17H2. The van der Waals surface area contributed by atoms with E-state index >= 15 is 0 Å². The molecule has 0 aliphatic heterocycles. The minimum absolute atomic E-state index is 0.616. The lowest BCUT2D eigenvalue weighted by Gasteiger charge is -2.04. The molecular formula is C16H15NOS. The zero-order valence-electron chi connectivity index (χ0n) is 10.5. The smallest absolute Gasteiger partial charge is 0.0735 e. The molecule has 2 aromatic carbocycles. The van der Waals surface area contributed by atoms with Gasteiger partial charge < -0.3 is 10.5 Å². The molecule has 0 bridgehead atoms. The third-order valence-electron chi connectivity index (χ3n) is 3.07. The third kappa shape index (κ3) is 2.78. The van der Waals surface area contributed by atoms with E-state index in [0.717, 1.165) is 11.3 Å². The first-order valence-corrected chi connectivity index (χ1v) is 7.08. The maximum atomic E-state index is 5.78. The fraction of sp³-hybridized carbons (Fsp3) is 0.125. The second kappa shape index (κ2) is 5.43. The highest BCUT2D eigenvalue weighted by Gasteiger charge is 2.03. The van der Waals surface area contributed by atoms with Crippen molar-refractivity contribution in [3.63, 3.8) is 0 Å². The second-order valence-electron chi connectivity index (χ2n) is 4.49. The average molecular weight is 269 g/mol. The van der Waals surface area contributed by atoms with Gasteiger partial charge in [0, 0.05) is 10.4 Å². The van der Waals surface area contributed by atoms with Gasteiger partial charge in [0.15, 0.2) is 0 Å². The first kappa shape index (κ1) is 12.2. The number of anilines is 1. The molecule has 3 aromatic rings. The minimum Gasteiger partial charge on any atom is -0.399 e. The lowest BCUT2D eigenvalue weighted by atomic mass is 10.2. The molecule has 0 unspecified atom stereocenters. The lowest BCUT2D eigenvalue weighted by molar-refractivity contribution is 0.108. The fourth-order valence-corrected chi connectivity index (χ4v) is 2.98. The van der Waals surface area contributed by atoms with Crippen molar-refractivity contribution in [3.05, 3.63) is 65.0 Å². The van der Waals surface area contributed by atoms with Crippen LogP contribution in [0.15, 0.2) is 53.9 Å². The van der Waals surface area contributed by atoms with Crippen LogP contribution in [0.1, 0.15) is 11.1 Å². The van der Waals surface area contributed by atoms with Crippen LogP contribution in [0, 0.1) is 0 Å². The minimum atomic E-state index is 0.616. The van der Waals surface area contributed by atoms with Gasteiger partial charge in [-0.3, -0.25) is 0 Å². The molecule has 0 atom stereocenters. The molecule has 0 aliphatic rings. The fourth-order valence-electron chi connectivity index (χ4n) is 2.04. The predicted octanol–water partition coefficient (Wildman–Crippen LogP) is 4.20. The van der Waals surface area contributed by atoms with Crippen molar-refractivity contribution >= 4 is 27.1 Å². The number of rotatable bonds is 4. The third-order valence-corrected chi connectivity index (χ3v) is 4.08. The van der Waals surface area contributed by atoms with Crippen molar-refractivity contribution in [2.75, 3.05) is 5.73 Å². The Morgan fingerprint density at radius 3 is 2.58 bits per heavy atom. The Morgan fingerprint density at radius 2 is 1.74 bits per heavy atom. The number of nitrogen functional groups attached to an aromatic ring is 1. The van der Waals surface area contributed by atoms with E-state index in [1.54, 1.807) is 11.3 Å².